The van der Waals surface area contributed by atoms with Crippen molar-refractivity contribution in [3.8, 4) is 0 Å². The minimum Gasteiger partial charge on any atom is -0.377 e. The van der Waals surface area contributed by atoms with Crippen LogP contribution in [0, 0.1) is 6.92 Å². The van der Waals surface area contributed by atoms with Gasteiger partial charge in [0.2, 0.25) is 0 Å². The normalized spacial score (nSPS) is 19.2. The summed E-state index contributed by atoms with van der Waals surface area (Å²) in [4.78, 5) is 2.49. The van der Waals surface area contributed by atoms with Gasteiger partial charge in [0.1, 0.15) is 12.4 Å². The van der Waals surface area contributed by atoms with E-state index < -0.39 is 0 Å². The molecule has 7 nitrogen and oxygen atoms in total. The molecule has 0 spiro atoms. The van der Waals surface area contributed by atoms with Crippen LogP contribution < -0.4 is 0 Å². The fourth-order valence-corrected chi connectivity index (χ4v) is 3.11. The molecule has 0 N–H and O–H groups in total. The maximum absolute atomic E-state index is 5.21. The molecule has 1 aliphatic rings. The molecule has 2 aromatic heterocycles. The van der Waals surface area contributed by atoms with Crippen molar-refractivity contribution in [2.45, 2.75) is 46.0 Å². The van der Waals surface area contributed by atoms with Gasteiger partial charge in [-0.15, -0.1) is 10.2 Å². The summed E-state index contributed by atoms with van der Waals surface area (Å²) in [6, 6.07) is 2.59. The zero-order valence-electron chi connectivity index (χ0n) is 13.8. The Morgan fingerprint density at radius 1 is 1.32 bits per heavy atom. The Balaban J connectivity index is 1.75. The fraction of sp³-hybridized carbons (Fsp3) is 0.667. The first-order valence-corrected chi connectivity index (χ1v) is 7.72. The van der Waals surface area contributed by atoms with E-state index in [9.17, 15) is 0 Å². The van der Waals surface area contributed by atoms with Gasteiger partial charge in [-0.25, -0.2) is 0 Å². The molecule has 0 amide bonds. The number of hydrogen-bond donors (Lipinski definition) is 0. The quantitative estimate of drug-likeness (QED) is 0.840. The lowest BCUT2D eigenvalue weighted by Gasteiger charge is -2.26. The van der Waals surface area contributed by atoms with E-state index in [4.69, 9.17) is 4.74 Å². The van der Waals surface area contributed by atoms with Gasteiger partial charge in [0.15, 0.2) is 5.82 Å². The van der Waals surface area contributed by atoms with Crippen LogP contribution in [-0.2, 0) is 37.9 Å². The highest BCUT2D eigenvalue weighted by Gasteiger charge is 2.24. The predicted octanol–water partition coefficient (Wildman–Crippen LogP) is 0.913. The summed E-state index contributed by atoms with van der Waals surface area (Å²) in [5.41, 5.74) is 2.32. The van der Waals surface area contributed by atoms with Crippen LogP contribution in [0.2, 0.25) is 0 Å². The lowest BCUT2D eigenvalue weighted by atomic mass is 10.2. The fourth-order valence-electron chi connectivity index (χ4n) is 3.11. The van der Waals surface area contributed by atoms with E-state index in [0.29, 0.717) is 12.6 Å². The average molecular weight is 304 g/mol. The van der Waals surface area contributed by atoms with Crippen molar-refractivity contribution in [3.63, 3.8) is 0 Å². The standard InChI is InChI=1S/C15H24N6O/c1-11-7-13(19(3)18-11)9-20-5-6-21-14(8-12(20)2)16-17-15(21)10-22-4/h7,12H,5-6,8-10H2,1-4H3/t12-/m1/s1. The number of ether oxygens (including phenoxy) is 1. The van der Waals surface area contributed by atoms with Gasteiger partial charge in [-0.1, -0.05) is 0 Å². The van der Waals surface area contributed by atoms with Gasteiger partial charge in [0, 0.05) is 46.3 Å². The molecule has 0 bridgehead atoms. The zero-order valence-corrected chi connectivity index (χ0v) is 13.8. The molecule has 3 rings (SSSR count). The highest BCUT2D eigenvalue weighted by molar-refractivity contribution is 5.09. The Bertz CT molecular complexity index is 646. The molecule has 2 aromatic rings. The molecule has 0 aromatic carbocycles. The minimum atomic E-state index is 0.427. The Kier molecular flexibility index (Phi) is 4.26. The van der Waals surface area contributed by atoms with E-state index >= 15 is 0 Å². The summed E-state index contributed by atoms with van der Waals surface area (Å²) in [5, 5.41) is 13.0. The lowest BCUT2D eigenvalue weighted by Crippen LogP contribution is -2.35. The number of rotatable bonds is 4. The van der Waals surface area contributed by atoms with Crippen LogP contribution in [-0.4, -0.2) is 49.1 Å². The van der Waals surface area contributed by atoms with E-state index in [1.54, 1.807) is 7.11 Å². The highest BCUT2D eigenvalue weighted by Crippen LogP contribution is 2.17. The van der Waals surface area contributed by atoms with Gasteiger partial charge >= 0.3 is 0 Å². The van der Waals surface area contributed by atoms with E-state index in [1.807, 2.05) is 18.7 Å². The van der Waals surface area contributed by atoms with Crippen LogP contribution in [0.25, 0.3) is 0 Å². The van der Waals surface area contributed by atoms with E-state index in [-0.39, 0.29) is 0 Å². The second kappa shape index (κ2) is 6.18. The lowest BCUT2D eigenvalue weighted by molar-refractivity contribution is 0.170. The first-order valence-electron chi connectivity index (χ1n) is 7.72. The molecule has 1 atom stereocenters. The molecule has 0 fully saturated rings. The van der Waals surface area contributed by atoms with Gasteiger partial charge in [-0.05, 0) is 19.9 Å². The van der Waals surface area contributed by atoms with Gasteiger partial charge in [-0.3, -0.25) is 9.58 Å². The topological polar surface area (TPSA) is 61.0 Å². The molecular formula is C15H24N6O. The van der Waals surface area contributed by atoms with Crippen LogP contribution in [0.1, 0.15) is 30.0 Å². The molecule has 3 heterocycles. The summed E-state index contributed by atoms with van der Waals surface area (Å²) in [7, 11) is 3.70. The number of aryl methyl sites for hydroxylation is 2. The van der Waals surface area contributed by atoms with Crippen molar-refractivity contribution >= 4 is 0 Å². The molecule has 0 unspecified atom stereocenters. The maximum Gasteiger partial charge on any atom is 0.159 e. The first-order chi connectivity index (χ1) is 10.6. The second-order valence-corrected chi connectivity index (χ2v) is 6.04. The smallest absolute Gasteiger partial charge is 0.159 e. The van der Waals surface area contributed by atoms with Gasteiger partial charge in [0.05, 0.1) is 11.4 Å². The van der Waals surface area contributed by atoms with Gasteiger partial charge in [-0.2, -0.15) is 5.10 Å². The maximum atomic E-state index is 5.21. The summed E-state index contributed by atoms with van der Waals surface area (Å²) in [6.07, 6.45) is 0.910. The van der Waals surface area contributed by atoms with Crippen molar-refractivity contribution in [1.29, 1.82) is 0 Å². The molecule has 0 saturated heterocycles. The minimum absolute atomic E-state index is 0.427. The summed E-state index contributed by atoms with van der Waals surface area (Å²) in [5.74, 6) is 1.98. The van der Waals surface area contributed by atoms with Crippen LogP contribution in [0.4, 0.5) is 0 Å². The Morgan fingerprint density at radius 3 is 2.82 bits per heavy atom. The van der Waals surface area contributed by atoms with E-state index in [0.717, 1.165) is 43.4 Å². The van der Waals surface area contributed by atoms with Gasteiger partial charge in [0.25, 0.3) is 0 Å². The molecule has 0 radical (unpaired) electrons. The van der Waals surface area contributed by atoms with Crippen LogP contribution in [0.15, 0.2) is 6.07 Å². The Morgan fingerprint density at radius 2 is 2.14 bits per heavy atom. The third kappa shape index (κ3) is 2.91. The van der Waals surface area contributed by atoms with E-state index in [1.165, 1.54) is 5.69 Å². The number of aromatic nitrogens is 5. The third-order valence-electron chi connectivity index (χ3n) is 4.35. The summed E-state index contributed by atoms with van der Waals surface area (Å²) in [6.45, 7) is 7.60. The first kappa shape index (κ1) is 15.2. The molecule has 7 heteroatoms. The summed E-state index contributed by atoms with van der Waals surface area (Å²) >= 11 is 0. The van der Waals surface area contributed by atoms with Crippen molar-refractivity contribution in [1.82, 2.24) is 29.4 Å². The van der Waals surface area contributed by atoms with E-state index in [2.05, 4.69) is 37.8 Å². The van der Waals surface area contributed by atoms with Crippen molar-refractivity contribution < 1.29 is 4.74 Å². The third-order valence-corrected chi connectivity index (χ3v) is 4.35. The molecular weight excluding hydrogens is 280 g/mol. The molecule has 22 heavy (non-hydrogen) atoms. The SMILES string of the molecule is COCc1nnc2n1CCN(Cc1cc(C)nn1C)[C@H](C)C2. The predicted molar refractivity (Wildman–Crippen MR) is 82.3 cm³/mol. The Labute approximate surface area is 130 Å². The van der Waals surface area contributed by atoms with Crippen LogP contribution in [0.3, 0.4) is 0 Å². The van der Waals surface area contributed by atoms with Crippen molar-refractivity contribution in [3.05, 3.63) is 29.1 Å². The number of nitrogens with zero attached hydrogens (tertiary/aromatic N) is 6. The van der Waals surface area contributed by atoms with Gasteiger partial charge < -0.3 is 9.30 Å². The molecule has 0 saturated carbocycles. The zero-order chi connectivity index (χ0) is 15.7. The molecule has 120 valence electrons. The Hall–Kier alpha value is -1.73. The largest absolute Gasteiger partial charge is 0.377 e. The highest BCUT2D eigenvalue weighted by atomic mass is 16.5. The molecule has 0 aliphatic carbocycles. The second-order valence-electron chi connectivity index (χ2n) is 6.04. The van der Waals surface area contributed by atoms with Crippen LogP contribution in [0.5, 0.6) is 0 Å². The summed E-state index contributed by atoms with van der Waals surface area (Å²) < 4.78 is 9.39. The van der Waals surface area contributed by atoms with Crippen molar-refractivity contribution in [2.24, 2.45) is 7.05 Å². The van der Waals surface area contributed by atoms with Crippen LogP contribution >= 0.6 is 0 Å². The van der Waals surface area contributed by atoms with Crippen molar-refractivity contribution in [2.75, 3.05) is 13.7 Å². The molecule has 1 aliphatic heterocycles. The number of hydrogen-bond acceptors (Lipinski definition) is 5. The monoisotopic (exact) mass is 304 g/mol. The number of fused-ring (bicyclic) bond motifs is 1. The number of methoxy groups -OCH3 is 1. The average Bonchev–Trinajstić information content (AvgIpc) is 2.93.